The summed E-state index contributed by atoms with van der Waals surface area (Å²) in [5.41, 5.74) is 2.22. The second-order valence-electron chi connectivity index (χ2n) is 8.10. The summed E-state index contributed by atoms with van der Waals surface area (Å²) in [5, 5.41) is 12.1. The minimum Gasteiger partial charge on any atom is -0.440 e. The van der Waals surface area contributed by atoms with E-state index in [1.807, 2.05) is 24.4 Å². The van der Waals surface area contributed by atoms with E-state index in [4.69, 9.17) is 9.40 Å². The van der Waals surface area contributed by atoms with Crippen LogP contribution >= 0.6 is 23.1 Å². The molecule has 0 spiro atoms. The topological polar surface area (TPSA) is 60.0 Å². The molecule has 0 aliphatic carbocycles. The van der Waals surface area contributed by atoms with Crippen molar-refractivity contribution in [3.05, 3.63) is 70.7 Å². The highest BCUT2D eigenvalue weighted by molar-refractivity contribution is 7.98. The molecule has 8 heteroatoms. The summed E-state index contributed by atoms with van der Waals surface area (Å²) in [7, 11) is 0. The van der Waals surface area contributed by atoms with Gasteiger partial charge in [0.05, 0.1) is 23.7 Å². The molecule has 166 valence electrons. The summed E-state index contributed by atoms with van der Waals surface area (Å²) in [4.78, 5) is 8.29. The number of oxazole rings is 1. The third-order valence-corrected chi connectivity index (χ3v) is 7.59. The van der Waals surface area contributed by atoms with Gasteiger partial charge >= 0.3 is 0 Å². The van der Waals surface area contributed by atoms with E-state index in [2.05, 4.69) is 50.0 Å². The average Bonchev–Trinajstić information content (AvgIpc) is 3.56. The van der Waals surface area contributed by atoms with Gasteiger partial charge in [-0.15, -0.1) is 21.5 Å². The minimum atomic E-state index is 0.699. The molecule has 1 aromatic carbocycles. The van der Waals surface area contributed by atoms with Crippen molar-refractivity contribution in [3.63, 3.8) is 0 Å². The molecule has 1 aliphatic heterocycles. The second-order valence-corrected chi connectivity index (χ2v) is 9.99. The van der Waals surface area contributed by atoms with Gasteiger partial charge in [0, 0.05) is 5.75 Å². The first-order chi connectivity index (χ1) is 15.8. The lowest BCUT2D eigenvalue weighted by molar-refractivity contribution is 0.213. The standard InChI is InChI=1S/C24H27N5OS2/c1-18-20(25-23(30-18)21-11-8-14-31-21)17-32-24-27-26-22(16-28-12-6-3-7-13-28)29(24)15-19-9-4-2-5-10-19/h2,4-5,8-11,14H,3,6-7,12-13,15-17H2,1H3. The molecule has 0 N–H and O–H groups in total. The summed E-state index contributed by atoms with van der Waals surface area (Å²) >= 11 is 3.32. The Morgan fingerprint density at radius 2 is 1.84 bits per heavy atom. The third kappa shape index (κ3) is 4.98. The van der Waals surface area contributed by atoms with Crippen molar-refractivity contribution < 1.29 is 4.42 Å². The fraction of sp³-hybridized carbons (Fsp3) is 0.375. The number of thiophene rings is 1. The smallest absolute Gasteiger partial charge is 0.236 e. The maximum absolute atomic E-state index is 5.92. The number of likely N-dealkylation sites (tertiary alicyclic amines) is 1. The number of thioether (sulfide) groups is 1. The molecule has 0 bridgehead atoms. The van der Waals surface area contributed by atoms with Gasteiger partial charge in [0.25, 0.3) is 0 Å². The van der Waals surface area contributed by atoms with Crippen LogP contribution in [0.3, 0.4) is 0 Å². The van der Waals surface area contributed by atoms with Crippen LogP contribution in [0.5, 0.6) is 0 Å². The van der Waals surface area contributed by atoms with E-state index in [0.717, 1.165) is 53.5 Å². The quantitative estimate of drug-likeness (QED) is 0.314. The van der Waals surface area contributed by atoms with E-state index < -0.39 is 0 Å². The molecule has 1 aliphatic rings. The largest absolute Gasteiger partial charge is 0.440 e. The summed E-state index contributed by atoms with van der Waals surface area (Å²) in [6, 6.07) is 14.6. The third-order valence-electron chi connectivity index (χ3n) is 5.75. The number of aromatic nitrogens is 4. The Kier molecular flexibility index (Phi) is 6.71. The number of hydrogen-bond acceptors (Lipinski definition) is 7. The molecule has 1 fully saturated rings. The van der Waals surface area contributed by atoms with E-state index in [-0.39, 0.29) is 0 Å². The van der Waals surface area contributed by atoms with Crippen molar-refractivity contribution in [2.75, 3.05) is 13.1 Å². The molecule has 0 saturated carbocycles. The molecule has 0 unspecified atom stereocenters. The summed E-state index contributed by atoms with van der Waals surface area (Å²) in [6.07, 6.45) is 3.87. The molecule has 5 rings (SSSR count). The number of nitrogens with zero attached hydrogens (tertiary/aromatic N) is 5. The minimum absolute atomic E-state index is 0.699. The van der Waals surface area contributed by atoms with Gasteiger partial charge in [0.15, 0.2) is 5.16 Å². The molecule has 0 amide bonds. The second kappa shape index (κ2) is 10.0. The molecule has 4 heterocycles. The molecule has 0 atom stereocenters. The highest BCUT2D eigenvalue weighted by Crippen LogP contribution is 2.30. The monoisotopic (exact) mass is 465 g/mol. The lowest BCUT2D eigenvalue weighted by atomic mass is 10.1. The van der Waals surface area contributed by atoms with Gasteiger partial charge in [-0.25, -0.2) is 4.98 Å². The Labute approximate surface area is 196 Å². The van der Waals surface area contributed by atoms with Crippen LogP contribution in [0.2, 0.25) is 0 Å². The van der Waals surface area contributed by atoms with Gasteiger partial charge in [0.2, 0.25) is 5.89 Å². The Morgan fingerprint density at radius 3 is 2.62 bits per heavy atom. The summed E-state index contributed by atoms with van der Waals surface area (Å²) < 4.78 is 8.18. The first-order valence-corrected chi connectivity index (χ1v) is 12.9. The zero-order valence-electron chi connectivity index (χ0n) is 18.2. The van der Waals surface area contributed by atoms with Gasteiger partial charge in [-0.05, 0) is 49.9 Å². The average molecular weight is 466 g/mol. The normalized spacial score (nSPS) is 14.8. The zero-order chi connectivity index (χ0) is 21.8. The molecule has 32 heavy (non-hydrogen) atoms. The Balaban J connectivity index is 1.35. The summed E-state index contributed by atoms with van der Waals surface area (Å²) in [5.74, 6) is 3.31. The van der Waals surface area contributed by atoms with Gasteiger partial charge in [0.1, 0.15) is 11.6 Å². The van der Waals surface area contributed by atoms with Crippen LogP contribution in [0, 0.1) is 6.92 Å². The molecule has 0 radical (unpaired) electrons. The van der Waals surface area contributed by atoms with Crippen LogP contribution in [0.1, 0.15) is 42.1 Å². The molecule has 4 aromatic rings. The Hall–Kier alpha value is -2.42. The Bertz CT molecular complexity index is 1130. The van der Waals surface area contributed by atoms with Gasteiger partial charge in [-0.2, -0.15) is 0 Å². The fourth-order valence-electron chi connectivity index (χ4n) is 3.99. The number of benzene rings is 1. The van der Waals surface area contributed by atoms with Crippen LogP contribution in [0.4, 0.5) is 0 Å². The number of piperidine rings is 1. The predicted octanol–water partition coefficient (Wildman–Crippen LogP) is 5.63. The van der Waals surface area contributed by atoms with E-state index in [0.29, 0.717) is 11.6 Å². The maximum atomic E-state index is 5.92. The van der Waals surface area contributed by atoms with Crippen molar-refractivity contribution in [1.82, 2.24) is 24.6 Å². The van der Waals surface area contributed by atoms with E-state index in [9.17, 15) is 0 Å². The first kappa shape index (κ1) is 21.4. The molecule has 1 saturated heterocycles. The van der Waals surface area contributed by atoms with Crippen molar-refractivity contribution in [2.45, 2.75) is 50.2 Å². The lowest BCUT2D eigenvalue weighted by Gasteiger charge is -2.26. The predicted molar refractivity (Wildman–Crippen MR) is 129 cm³/mol. The fourth-order valence-corrected chi connectivity index (χ4v) is 5.59. The summed E-state index contributed by atoms with van der Waals surface area (Å²) in [6.45, 7) is 5.90. The van der Waals surface area contributed by atoms with Gasteiger partial charge < -0.3 is 8.98 Å². The van der Waals surface area contributed by atoms with Crippen LogP contribution in [0.15, 0.2) is 57.4 Å². The molecular weight excluding hydrogens is 438 g/mol. The molecular formula is C24H27N5OS2. The van der Waals surface area contributed by atoms with Crippen LogP contribution in [-0.4, -0.2) is 37.7 Å². The number of aryl methyl sites for hydroxylation is 1. The molecule has 6 nitrogen and oxygen atoms in total. The highest BCUT2D eigenvalue weighted by atomic mass is 32.2. The van der Waals surface area contributed by atoms with Crippen LogP contribution in [-0.2, 0) is 18.8 Å². The number of rotatable bonds is 8. The van der Waals surface area contributed by atoms with Crippen molar-refractivity contribution >= 4 is 23.1 Å². The lowest BCUT2D eigenvalue weighted by Crippen LogP contribution is -2.30. The first-order valence-electron chi connectivity index (χ1n) is 11.1. The van der Waals surface area contributed by atoms with Crippen molar-refractivity contribution in [2.24, 2.45) is 0 Å². The van der Waals surface area contributed by atoms with Gasteiger partial charge in [-0.1, -0.05) is 54.6 Å². The van der Waals surface area contributed by atoms with E-state index in [1.54, 1.807) is 23.1 Å². The zero-order valence-corrected chi connectivity index (χ0v) is 19.9. The van der Waals surface area contributed by atoms with Crippen LogP contribution < -0.4 is 0 Å². The van der Waals surface area contributed by atoms with E-state index >= 15 is 0 Å². The van der Waals surface area contributed by atoms with E-state index in [1.165, 1.54) is 24.8 Å². The Morgan fingerprint density at radius 1 is 1.00 bits per heavy atom. The highest BCUT2D eigenvalue weighted by Gasteiger charge is 2.19. The van der Waals surface area contributed by atoms with Crippen molar-refractivity contribution in [1.29, 1.82) is 0 Å². The van der Waals surface area contributed by atoms with Crippen LogP contribution in [0.25, 0.3) is 10.8 Å². The van der Waals surface area contributed by atoms with Gasteiger partial charge in [-0.3, -0.25) is 4.90 Å². The SMILES string of the molecule is Cc1oc(-c2cccs2)nc1CSc1nnc(CN2CCCCC2)n1Cc1ccccc1. The number of hydrogen-bond donors (Lipinski definition) is 0. The molecule has 3 aromatic heterocycles. The maximum Gasteiger partial charge on any atom is 0.236 e. The van der Waals surface area contributed by atoms with Crippen molar-refractivity contribution in [3.8, 4) is 10.8 Å².